The van der Waals surface area contributed by atoms with Gasteiger partial charge in [-0.1, -0.05) is 105 Å². The van der Waals surface area contributed by atoms with Gasteiger partial charge in [0, 0.05) is 18.9 Å². The molecule has 0 fully saturated rings. The van der Waals surface area contributed by atoms with Gasteiger partial charge in [0.2, 0.25) is 10.0 Å². The third kappa shape index (κ3) is 9.84. The lowest BCUT2D eigenvalue weighted by atomic mass is 9.96. The quantitative estimate of drug-likeness (QED) is 0.111. The number of ether oxygens (including phenoxy) is 1. The SMILES string of the molecule is C#CC(OS(C)(=O)=O)[C@H](COC(C)=O)C[C@@H](CO[Si](c1ccccc1)(c1ccccc1)C(C)(C)C)NS(=O)(=O)c1ccc(C)cc1. The van der Waals surface area contributed by atoms with E-state index in [4.69, 9.17) is 19.8 Å². The summed E-state index contributed by atoms with van der Waals surface area (Å²) >= 11 is 0. The van der Waals surface area contributed by atoms with Gasteiger partial charge in [0.1, 0.15) is 6.10 Å². The number of hydrogen-bond donors (Lipinski definition) is 1. The van der Waals surface area contributed by atoms with E-state index < -0.39 is 57.5 Å². The number of nitrogens with one attached hydrogen (secondary N) is 1. The standard InChI is InChI=1S/C34H43NO8S2Si/c1-8-33(43-44(7,37)38)28(24-41-27(3)36)23-29(35-45(39,40)30-21-19-26(2)20-22-30)25-42-46(34(4,5)6,31-15-11-9-12-16-31)32-17-13-10-14-18-32/h1,9-22,28-29,33,35H,23-25H2,2-7H3/t28-,29-,33?/m0/s1. The maximum absolute atomic E-state index is 13.7. The first-order valence-corrected chi connectivity index (χ1v) is 20.0. The second kappa shape index (κ2) is 15.5. The van der Waals surface area contributed by atoms with Crippen molar-refractivity contribution < 1.29 is 35.0 Å². The second-order valence-corrected chi connectivity index (χ2v) is 19.9. The zero-order valence-corrected chi connectivity index (χ0v) is 29.7. The van der Waals surface area contributed by atoms with E-state index in [1.807, 2.05) is 67.6 Å². The molecule has 3 aromatic carbocycles. The Labute approximate surface area is 275 Å². The molecule has 9 nitrogen and oxygen atoms in total. The Balaban J connectivity index is 2.13. The Bertz CT molecular complexity index is 1660. The number of rotatable bonds is 15. The van der Waals surface area contributed by atoms with Crippen LogP contribution in [0.1, 0.15) is 39.7 Å². The molecule has 0 aliphatic heterocycles. The largest absolute Gasteiger partial charge is 0.465 e. The van der Waals surface area contributed by atoms with E-state index in [1.54, 1.807) is 12.1 Å². The predicted octanol–water partition coefficient (Wildman–Crippen LogP) is 3.77. The summed E-state index contributed by atoms with van der Waals surface area (Å²) in [5.74, 6) is 0.819. The van der Waals surface area contributed by atoms with Crippen LogP contribution in [0, 0.1) is 25.2 Å². The van der Waals surface area contributed by atoms with E-state index in [2.05, 4.69) is 31.4 Å². The zero-order chi connectivity index (χ0) is 34.2. The molecule has 12 heteroatoms. The molecule has 0 saturated heterocycles. The minimum atomic E-state index is -4.09. The van der Waals surface area contributed by atoms with Gasteiger partial charge in [-0.05, 0) is 40.9 Å². The summed E-state index contributed by atoms with van der Waals surface area (Å²) in [5.41, 5.74) is 0.891. The van der Waals surface area contributed by atoms with Crippen molar-refractivity contribution in [1.29, 1.82) is 0 Å². The highest BCUT2D eigenvalue weighted by atomic mass is 32.2. The van der Waals surface area contributed by atoms with E-state index in [0.29, 0.717) is 0 Å². The van der Waals surface area contributed by atoms with Crippen molar-refractivity contribution in [3.63, 3.8) is 0 Å². The third-order valence-corrected chi connectivity index (χ3v) is 14.6. The molecule has 0 amide bonds. The average molecular weight is 686 g/mol. The molecule has 0 bridgehead atoms. The molecule has 248 valence electrons. The van der Waals surface area contributed by atoms with Crippen LogP contribution >= 0.6 is 0 Å². The lowest BCUT2D eigenvalue weighted by Gasteiger charge is -2.44. The third-order valence-electron chi connectivity index (χ3n) is 7.53. The molecule has 1 N–H and O–H groups in total. The number of aryl methyl sites for hydroxylation is 1. The van der Waals surface area contributed by atoms with Gasteiger partial charge < -0.3 is 9.16 Å². The van der Waals surface area contributed by atoms with Crippen molar-refractivity contribution in [2.75, 3.05) is 19.5 Å². The molecule has 0 aliphatic carbocycles. The van der Waals surface area contributed by atoms with Crippen molar-refractivity contribution in [3.05, 3.63) is 90.5 Å². The van der Waals surface area contributed by atoms with Crippen LogP contribution in [0.25, 0.3) is 0 Å². The van der Waals surface area contributed by atoms with Gasteiger partial charge in [-0.3, -0.25) is 8.98 Å². The number of carbonyl (C=O) groups is 1. The summed E-state index contributed by atoms with van der Waals surface area (Å²) in [6.07, 6.45) is 5.16. The van der Waals surface area contributed by atoms with E-state index in [9.17, 15) is 21.6 Å². The van der Waals surface area contributed by atoms with Gasteiger partial charge in [-0.25, -0.2) is 13.1 Å². The smallest absolute Gasteiger partial charge is 0.302 e. The molecule has 46 heavy (non-hydrogen) atoms. The Morgan fingerprint density at radius 1 is 0.891 bits per heavy atom. The summed E-state index contributed by atoms with van der Waals surface area (Å²) in [5, 5.41) is 1.58. The Morgan fingerprint density at radius 3 is 1.85 bits per heavy atom. The van der Waals surface area contributed by atoms with Crippen LogP contribution in [0.4, 0.5) is 0 Å². The van der Waals surface area contributed by atoms with Crippen molar-refractivity contribution >= 4 is 44.8 Å². The van der Waals surface area contributed by atoms with Crippen molar-refractivity contribution in [2.45, 2.75) is 63.1 Å². The van der Waals surface area contributed by atoms with Crippen LogP contribution in [0.15, 0.2) is 89.8 Å². The van der Waals surface area contributed by atoms with Gasteiger partial charge in [-0.15, -0.1) is 6.42 Å². The fourth-order valence-corrected chi connectivity index (χ4v) is 11.9. The Morgan fingerprint density at radius 2 is 1.41 bits per heavy atom. The van der Waals surface area contributed by atoms with Crippen LogP contribution in [-0.2, 0) is 38.3 Å². The Hall–Kier alpha value is -3.31. The molecule has 3 aromatic rings. The highest BCUT2D eigenvalue weighted by Gasteiger charge is 2.50. The molecule has 0 aliphatic rings. The monoisotopic (exact) mass is 685 g/mol. The normalized spacial score (nSPS) is 14.5. The highest BCUT2D eigenvalue weighted by molar-refractivity contribution is 7.89. The van der Waals surface area contributed by atoms with E-state index >= 15 is 0 Å². The summed E-state index contributed by atoms with van der Waals surface area (Å²) in [6, 6.07) is 25.2. The van der Waals surface area contributed by atoms with Crippen molar-refractivity contribution in [3.8, 4) is 12.3 Å². The lowest BCUT2D eigenvalue weighted by Crippen LogP contribution is -2.67. The maximum atomic E-state index is 13.7. The number of benzene rings is 3. The van der Waals surface area contributed by atoms with Crippen LogP contribution < -0.4 is 15.1 Å². The number of esters is 1. The average Bonchev–Trinajstić information content (AvgIpc) is 2.98. The molecule has 0 spiro atoms. The summed E-state index contributed by atoms with van der Waals surface area (Å²) in [7, 11) is -11.2. The maximum Gasteiger partial charge on any atom is 0.302 e. The van der Waals surface area contributed by atoms with Crippen molar-refractivity contribution in [1.82, 2.24) is 4.72 Å². The first kappa shape index (κ1) is 37.1. The summed E-state index contributed by atoms with van der Waals surface area (Å²) in [4.78, 5) is 11.8. The first-order chi connectivity index (χ1) is 21.5. The van der Waals surface area contributed by atoms with Gasteiger partial charge in [0.25, 0.3) is 18.4 Å². The molecule has 3 atom stereocenters. The molecular weight excluding hydrogens is 643 g/mol. The lowest BCUT2D eigenvalue weighted by molar-refractivity contribution is -0.143. The molecule has 0 aromatic heterocycles. The van der Waals surface area contributed by atoms with Crippen LogP contribution in [0.5, 0.6) is 0 Å². The summed E-state index contributed by atoms with van der Waals surface area (Å²) < 4.78 is 71.9. The number of sulfonamides is 1. The van der Waals surface area contributed by atoms with E-state index in [-0.39, 0.29) is 24.5 Å². The highest BCUT2D eigenvalue weighted by Crippen LogP contribution is 2.37. The summed E-state index contributed by atoms with van der Waals surface area (Å²) in [6.45, 7) is 8.95. The molecule has 3 rings (SSSR count). The van der Waals surface area contributed by atoms with Gasteiger partial charge in [-0.2, -0.15) is 8.42 Å². The van der Waals surface area contributed by atoms with Gasteiger partial charge in [0.15, 0.2) is 0 Å². The number of hydrogen-bond acceptors (Lipinski definition) is 8. The topological polar surface area (TPSA) is 125 Å². The zero-order valence-electron chi connectivity index (χ0n) is 27.1. The van der Waals surface area contributed by atoms with Crippen LogP contribution in [-0.4, -0.2) is 62.7 Å². The van der Waals surface area contributed by atoms with E-state index in [0.717, 1.165) is 22.2 Å². The molecule has 0 heterocycles. The van der Waals surface area contributed by atoms with Crippen molar-refractivity contribution in [2.24, 2.45) is 5.92 Å². The number of terminal acetylenes is 1. The molecule has 0 saturated carbocycles. The second-order valence-electron chi connectivity index (χ2n) is 12.3. The molecule has 0 radical (unpaired) electrons. The van der Waals surface area contributed by atoms with Gasteiger partial charge >= 0.3 is 5.97 Å². The fraction of sp³-hybridized carbons (Fsp3) is 0.382. The predicted molar refractivity (Wildman–Crippen MR) is 182 cm³/mol. The molecule has 1 unspecified atom stereocenters. The minimum absolute atomic E-state index is 0.0472. The molecular formula is C34H43NO8S2Si. The van der Waals surface area contributed by atoms with Crippen LogP contribution in [0.2, 0.25) is 5.04 Å². The number of carbonyl (C=O) groups excluding carboxylic acids is 1. The van der Waals surface area contributed by atoms with Crippen LogP contribution in [0.3, 0.4) is 0 Å². The Kier molecular flexibility index (Phi) is 12.5. The first-order valence-electron chi connectivity index (χ1n) is 14.8. The van der Waals surface area contributed by atoms with E-state index in [1.165, 1.54) is 19.1 Å². The minimum Gasteiger partial charge on any atom is -0.465 e. The van der Waals surface area contributed by atoms with Gasteiger partial charge in [0.05, 0.1) is 24.4 Å². The fourth-order valence-electron chi connectivity index (χ4n) is 5.44.